The fourth-order valence-corrected chi connectivity index (χ4v) is 2.15. The van der Waals surface area contributed by atoms with Gasteiger partial charge in [0, 0.05) is 0 Å². The van der Waals surface area contributed by atoms with Gasteiger partial charge in [0.1, 0.15) is 0 Å². The van der Waals surface area contributed by atoms with Crippen molar-refractivity contribution < 1.29 is 0 Å². The minimum absolute atomic E-state index is 0.204. The molecule has 0 N–H and O–H groups in total. The molecular formula is C14H15N. The molecular weight excluding hydrogens is 182 g/mol. The van der Waals surface area contributed by atoms with Crippen LogP contribution in [0.15, 0.2) is 42.5 Å². The van der Waals surface area contributed by atoms with Gasteiger partial charge in [-0.15, -0.1) is 0 Å². The summed E-state index contributed by atoms with van der Waals surface area (Å²) in [5.74, 6) is 0.612. The fourth-order valence-electron chi connectivity index (χ4n) is 2.15. The van der Waals surface area contributed by atoms with E-state index in [-0.39, 0.29) is 5.92 Å². The van der Waals surface area contributed by atoms with Crippen molar-refractivity contribution in [2.75, 3.05) is 0 Å². The average Bonchev–Trinajstić information content (AvgIpc) is 2.31. The van der Waals surface area contributed by atoms with Crippen LogP contribution in [0.5, 0.6) is 0 Å². The third kappa shape index (κ3) is 2.47. The van der Waals surface area contributed by atoms with E-state index in [0.29, 0.717) is 5.92 Å². The van der Waals surface area contributed by atoms with Crippen LogP contribution < -0.4 is 0 Å². The Morgan fingerprint density at radius 1 is 1.27 bits per heavy atom. The van der Waals surface area contributed by atoms with E-state index < -0.39 is 0 Å². The highest BCUT2D eigenvalue weighted by molar-refractivity contribution is 5.18. The molecule has 2 atom stereocenters. The first-order valence-corrected chi connectivity index (χ1v) is 5.50. The summed E-state index contributed by atoms with van der Waals surface area (Å²) in [7, 11) is 0. The molecule has 76 valence electrons. The van der Waals surface area contributed by atoms with Gasteiger partial charge in [0.25, 0.3) is 0 Å². The van der Waals surface area contributed by atoms with Gasteiger partial charge >= 0.3 is 0 Å². The molecule has 0 bridgehead atoms. The lowest BCUT2D eigenvalue weighted by Gasteiger charge is -2.21. The molecule has 0 fully saturated rings. The summed E-state index contributed by atoms with van der Waals surface area (Å²) < 4.78 is 0. The molecule has 0 saturated carbocycles. The van der Waals surface area contributed by atoms with Gasteiger partial charge in [-0.25, -0.2) is 0 Å². The lowest BCUT2D eigenvalue weighted by molar-refractivity contribution is 0.436. The molecule has 0 saturated heterocycles. The molecule has 1 heteroatoms. The number of hydrogen-bond donors (Lipinski definition) is 0. The number of allylic oxidation sites excluding steroid dienone is 2. The maximum absolute atomic E-state index is 9.06. The molecule has 0 heterocycles. The van der Waals surface area contributed by atoms with Crippen LogP contribution in [-0.2, 0) is 6.42 Å². The predicted molar refractivity (Wildman–Crippen MR) is 61.1 cm³/mol. The second kappa shape index (κ2) is 4.79. The van der Waals surface area contributed by atoms with Crippen LogP contribution in [-0.4, -0.2) is 0 Å². The summed E-state index contributed by atoms with van der Waals surface area (Å²) in [5.41, 5.74) is 1.33. The van der Waals surface area contributed by atoms with E-state index in [4.69, 9.17) is 5.26 Å². The van der Waals surface area contributed by atoms with E-state index in [0.717, 1.165) is 19.3 Å². The average molecular weight is 197 g/mol. The Kier molecular flexibility index (Phi) is 3.19. The molecule has 1 nitrogen and oxygen atoms in total. The zero-order valence-electron chi connectivity index (χ0n) is 8.76. The quantitative estimate of drug-likeness (QED) is 0.667. The summed E-state index contributed by atoms with van der Waals surface area (Å²) in [4.78, 5) is 0. The highest BCUT2D eigenvalue weighted by atomic mass is 14.3. The van der Waals surface area contributed by atoms with Crippen molar-refractivity contribution in [3.05, 3.63) is 48.0 Å². The van der Waals surface area contributed by atoms with Gasteiger partial charge in [-0.05, 0) is 30.7 Å². The van der Waals surface area contributed by atoms with Crippen molar-refractivity contribution in [1.29, 1.82) is 5.26 Å². The summed E-state index contributed by atoms with van der Waals surface area (Å²) >= 11 is 0. The molecule has 0 aliphatic heterocycles. The van der Waals surface area contributed by atoms with Crippen LogP contribution in [0, 0.1) is 23.2 Å². The largest absolute Gasteiger partial charge is 0.198 e. The molecule has 0 amide bonds. The predicted octanol–water partition coefficient (Wildman–Crippen LogP) is 3.34. The van der Waals surface area contributed by atoms with Crippen molar-refractivity contribution >= 4 is 0 Å². The van der Waals surface area contributed by atoms with Gasteiger partial charge in [-0.1, -0.05) is 42.5 Å². The van der Waals surface area contributed by atoms with Crippen LogP contribution in [0.4, 0.5) is 0 Å². The van der Waals surface area contributed by atoms with Crippen molar-refractivity contribution in [3.8, 4) is 6.07 Å². The molecule has 1 aliphatic rings. The van der Waals surface area contributed by atoms with Gasteiger partial charge in [-0.3, -0.25) is 0 Å². The van der Waals surface area contributed by atoms with Crippen molar-refractivity contribution in [1.82, 2.24) is 0 Å². The Morgan fingerprint density at radius 3 is 2.80 bits per heavy atom. The first kappa shape index (κ1) is 9.98. The number of rotatable bonds is 2. The summed E-state index contributed by atoms with van der Waals surface area (Å²) in [6.07, 6.45) is 7.50. The van der Waals surface area contributed by atoms with E-state index in [1.54, 1.807) is 0 Å². The van der Waals surface area contributed by atoms with Crippen molar-refractivity contribution in [3.63, 3.8) is 0 Å². The second-order valence-corrected chi connectivity index (χ2v) is 4.09. The number of benzene rings is 1. The molecule has 0 aromatic heterocycles. The van der Waals surface area contributed by atoms with Crippen molar-refractivity contribution in [2.24, 2.45) is 11.8 Å². The Morgan fingerprint density at radius 2 is 2.07 bits per heavy atom. The molecule has 1 aliphatic carbocycles. The summed E-state index contributed by atoms with van der Waals surface area (Å²) in [5, 5.41) is 9.06. The first-order chi connectivity index (χ1) is 7.40. The monoisotopic (exact) mass is 197 g/mol. The Hall–Kier alpha value is -1.55. The Balaban J connectivity index is 2.08. The number of hydrogen-bond acceptors (Lipinski definition) is 1. The van der Waals surface area contributed by atoms with Crippen LogP contribution in [0.1, 0.15) is 18.4 Å². The SMILES string of the molecule is N#CC1CCC=CC1Cc1ccccc1. The van der Waals surface area contributed by atoms with E-state index in [2.05, 4.69) is 42.5 Å². The third-order valence-electron chi connectivity index (χ3n) is 3.02. The van der Waals surface area contributed by atoms with E-state index in [1.807, 2.05) is 6.07 Å². The van der Waals surface area contributed by atoms with E-state index >= 15 is 0 Å². The normalized spacial score (nSPS) is 24.7. The van der Waals surface area contributed by atoms with Crippen LogP contribution in [0.25, 0.3) is 0 Å². The number of nitriles is 1. The van der Waals surface area contributed by atoms with E-state index in [1.165, 1.54) is 5.56 Å². The smallest absolute Gasteiger partial charge is 0.0662 e. The Bertz CT molecular complexity index is 372. The van der Waals surface area contributed by atoms with Crippen molar-refractivity contribution in [2.45, 2.75) is 19.3 Å². The van der Waals surface area contributed by atoms with Gasteiger partial charge in [0.15, 0.2) is 0 Å². The lowest BCUT2D eigenvalue weighted by atomic mass is 9.81. The van der Waals surface area contributed by atoms with Gasteiger partial charge in [-0.2, -0.15) is 5.26 Å². The maximum Gasteiger partial charge on any atom is 0.0662 e. The summed E-state index contributed by atoms with van der Waals surface area (Å²) in [6, 6.07) is 12.8. The highest BCUT2D eigenvalue weighted by Crippen LogP contribution is 2.27. The fraction of sp³-hybridized carbons (Fsp3) is 0.357. The van der Waals surface area contributed by atoms with Crippen LogP contribution in [0.2, 0.25) is 0 Å². The molecule has 15 heavy (non-hydrogen) atoms. The van der Waals surface area contributed by atoms with Crippen LogP contribution in [0.3, 0.4) is 0 Å². The highest BCUT2D eigenvalue weighted by Gasteiger charge is 2.21. The molecule has 1 aromatic rings. The second-order valence-electron chi connectivity index (χ2n) is 4.09. The minimum Gasteiger partial charge on any atom is -0.198 e. The molecule has 0 radical (unpaired) electrons. The lowest BCUT2D eigenvalue weighted by Crippen LogP contribution is -2.16. The maximum atomic E-state index is 9.06. The topological polar surface area (TPSA) is 23.8 Å². The Labute approximate surface area is 91.0 Å². The standard InChI is InChI=1S/C14H15N/c15-11-14-9-5-4-8-13(14)10-12-6-2-1-3-7-12/h1-4,6-8,13-14H,5,9-10H2. The van der Waals surface area contributed by atoms with Crippen LogP contribution >= 0.6 is 0 Å². The van der Waals surface area contributed by atoms with Gasteiger partial charge in [0.05, 0.1) is 12.0 Å². The van der Waals surface area contributed by atoms with Gasteiger partial charge < -0.3 is 0 Å². The molecule has 2 rings (SSSR count). The molecule has 1 aromatic carbocycles. The number of nitrogens with zero attached hydrogens (tertiary/aromatic N) is 1. The van der Waals surface area contributed by atoms with E-state index in [9.17, 15) is 0 Å². The van der Waals surface area contributed by atoms with Gasteiger partial charge in [0.2, 0.25) is 0 Å². The first-order valence-electron chi connectivity index (χ1n) is 5.50. The third-order valence-corrected chi connectivity index (χ3v) is 3.02. The zero-order valence-corrected chi connectivity index (χ0v) is 8.76. The minimum atomic E-state index is 0.204. The summed E-state index contributed by atoms with van der Waals surface area (Å²) in [6.45, 7) is 0. The zero-order chi connectivity index (χ0) is 10.5. The molecule has 2 unspecified atom stereocenters. The molecule has 0 spiro atoms.